The van der Waals surface area contributed by atoms with Gasteiger partial charge in [-0.2, -0.15) is 0 Å². The van der Waals surface area contributed by atoms with E-state index in [1.165, 1.54) is 44.9 Å². The maximum absolute atomic E-state index is 5.35. The van der Waals surface area contributed by atoms with E-state index in [9.17, 15) is 0 Å². The monoisotopic (exact) mass is 341 g/mol. The van der Waals surface area contributed by atoms with Crippen LogP contribution in [0.2, 0.25) is 0 Å². The van der Waals surface area contributed by atoms with Crippen LogP contribution < -0.4 is 10.6 Å². The maximum Gasteiger partial charge on any atom is 0.172 e. The maximum atomic E-state index is 5.35. The molecule has 1 aromatic rings. The van der Waals surface area contributed by atoms with Crippen molar-refractivity contribution in [2.24, 2.45) is 0 Å². The molecular formula is C14H20BrN3S. The van der Waals surface area contributed by atoms with Crippen molar-refractivity contribution in [3.8, 4) is 0 Å². The molecule has 19 heavy (non-hydrogen) atoms. The van der Waals surface area contributed by atoms with Crippen molar-refractivity contribution in [3.63, 3.8) is 0 Å². The van der Waals surface area contributed by atoms with Crippen LogP contribution in [-0.2, 0) is 0 Å². The Morgan fingerprint density at radius 3 is 2.47 bits per heavy atom. The quantitative estimate of drug-likeness (QED) is 0.788. The van der Waals surface area contributed by atoms with Gasteiger partial charge in [0.2, 0.25) is 0 Å². The van der Waals surface area contributed by atoms with E-state index >= 15 is 0 Å². The van der Waals surface area contributed by atoms with Crippen molar-refractivity contribution in [2.75, 3.05) is 5.32 Å². The lowest BCUT2D eigenvalue weighted by molar-refractivity contribution is 0.430. The molecule has 0 aromatic carbocycles. The highest BCUT2D eigenvalue weighted by Gasteiger charge is 2.12. The van der Waals surface area contributed by atoms with Crippen molar-refractivity contribution in [2.45, 2.75) is 51.0 Å². The average Bonchev–Trinajstić information content (AvgIpc) is 2.35. The van der Waals surface area contributed by atoms with Crippen LogP contribution in [0.15, 0.2) is 22.8 Å². The van der Waals surface area contributed by atoms with Crippen LogP contribution in [0.4, 0.5) is 5.82 Å². The summed E-state index contributed by atoms with van der Waals surface area (Å²) in [5.41, 5.74) is 0. The zero-order valence-electron chi connectivity index (χ0n) is 11.0. The van der Waals surface area contributed by atoms with Crippen LogP contribution in [0.1, 0.15) is 44.9 Å². The minimum atomic E-state index is 0.510. The summed E-state index contributed by atoms with van der Waals surface area (Å²) in [6, 6.07) is 4.37. The first-order valence-corrected chi connectivity index (χ1v) is 8.13. The summed E-state index contributed by atoms with van der Waals surface area (Å²) in [5, 5.41) is 7.24. The predicted molar refractivity (Wildman–Crippen MR) is 87.4 cm³/mol. The van der Waals surface area contributed by atoms with E-state index in [4.69, 9.17) is 12.2 Å². The Bertz CT molecular complexity index is 400. The van der Waals surface area contributed by atoms with Gasteiger partial charge in [0.25, 0.3) is 0 Å². The van der Waals surface area contributed by atoms with E-state index in [2.05, 4.69) is 31.5 Å². The molecule has 0 atom stereocenters. The first kappa shape index (κ1) is 14.7. The Balaban J connectivity index is 1.80. The molecule has 2 N–H and O–H groups in total. The van der Waals surface area contributed by atoms with Crippen LogP contribution in [0.5, 0.6) is 0 Å². The zero-order chi connectivity index (χ0) is 13.5. The number of hydrogen-bond acceptors (Lipinski definition) is 2. The molecule has 1 fully saturated rings. The van der Waals surface area contributed by atoms with Crippen LogP contribution >= 0.6 is 28.1 Å². The van der Waals surface area contributed by atoms with E-state index in [1.807, 2.05) is 12.1 Å². The molecule has 0 aliphatic heterocycles. The summed E-state index contributed by atoms with van der Waals surface area (Å²) in [5.74, 6) is 0.784. The lowest BCUT2D eigenvalue weighted by Gasteiger charge is -2.22. The van der Waals surface area contributed by atoms with Crippen LogP contribution in [0.3, 0.4) is 0 Å². The molecule has 1 aromatic heterocycles. The third-order valence-corrected chi connectivity index (χ3v) is 4.10. The van der Waals surface area contributed by atoms with Crippen molar-refractivity contribution < 1.29 is 0 Å². The van der Waals surface area contributed by atoms with Gasteiger partial charge in [0.05, 0.1) is 0 Å². The summed E-state index contributed by atoms with van der Waals surface area (Å²) in [4.78, 5) is 4.26. The van der Waals surface area contributed by atoms with Gasteiger partial charge >= 0.3 is 0 Å². The molecule has 5 heteroatoms. The molecule has 1 aliphatic rings. The number of nitrogens with one attached hydrogen (secondary N) is 2. The molecule has 0 spiro atoms. The lowest BCUT2D eigenvalue weighted by Crippen LogP contribution is -2.38. The Hall–Kier alpha value is -0.680. The SMILES string of the molecule is S=C(Nc1ccc(Br)cn1)NC1CCCCCCC1. The molecule has 0 saturated heterocycles. The Morgan fingerprint density at radius 1 is 1.16 bits per heavy atom. The second-order valence-corrected chi connectivity index (χ2v) is 6.33. The second-order valence-electron chi connectivity index (χ2n) is 5.00. The highest BCUT2D eigenvalue weighted by molar-refractivity contribution is 9.10. The Labute approximate surface area is 128 Å². The fraction of sp³-hybridized carbons (Fsp3) is 0.571. The molecule has 0 bridgehead atoms. The summed E-state index contributed by atoms with van der Waals surface area (Å²) in [7, 11) is 0. The van der Waals surface area contributed by atoms with Gasteiger partial charge in [-0.1, -0.05) is 32.1 Å². The summed E-state index contributed by atoms with van der Waals surface area (Å²) < 4.78 is 0.969. The summed E-state index contributed by atoms with van der Waals surface area (Å²) in [6.45, 7) is 0. The topological polar surface area (TPSA) is 37.0 Å². The van der Waals surface area contributed by atoms with Gasteiger partial charge in [0, 0.05) is 16.7 Å². The van der Waals surface area contributed by atoms with Gasteiger partial charge in [-0.05, 0) is 53.1 Å². The average molecular weight is 342 g/mol. The first-order chi connectivity index (χ1) is 9.24. The summed E-state index contributed by atoms with van der Waals surface area (Å²) >= 11 is 8.72. The van der Waals surface area contributed by atoms with Crippen molar-refractivity contribution in [3.05, 3.63) is 22.8 Å². The van der Waals surface area contributed by atoms with Crippen LogP contribution in [0.25, 0.3) is 0 Å². The number of thiocarbonyl (C=S) groups is 1. The highest BCUT2D eigenvalue weighted by Crippen LogP contribution is 2.17. The minimum Gasteiger partial charge on any atom is -0.360 e. The molecule has 1 saturated carbocycles. The van der Waals surface area contributed by atoms with E-state index < -0.39 is 0 Å². The normalized spacial score (nSPS) is 17.3. The molecule has 3 nitrogen and oxygen atoms in total. The highest BCUT2D eigenvalue weighted by atomic mass is 79.9. The van der Waals surface area contributed by atoms with Crippen molar-refractivity contribution in [1.29, 1.82) is 0 Å². The smallest absolute Gasteiger partial charge is 0.172 e. The van der Waals surface area contributed by atoms with E-state index in [0.29, 0.717) is 11.2 Å². The van der Waals surface area contributed by atoms with Crippen molar-refractivity contribution in [1.82, 2.24) is 10.3 Å². The summed E-state index contributed by atoms with van der Waals surface area (Å²) in [6.07, 6.45) is 10.9. The van der Waals surface area contributed by atoms with Crippen LogP contribution in [0, 0.1) is 0 Å². The number of hydrogen-bond donors (Lipinski definition) is 2. The minimum absolute atomic E-state index is 0.510. The number of halogens is 1. The Kier molecular flexibility index (Phi) is 6.04. The Morgan fingerprint density at radius 2 is 1.84 bits per heavy atom. The van der Waals surface area contributed by atoms with E-state index in [0.717, 1.165) is 10.3 Å². The lowest BCUT2D eigenvalue weighted by atomic mass is 9.97. The van der Waals surface area contributed by atoms with Gasteiger partial charge in [0.15, 0.2) is 5.11 Å². The zero-order valence-corrected chi connectivity index (χ0v) is 13.4. The molecule has 2 rings (SSSR count). The number of anilines is 1. The number of rotatable bonds is 2. The van der Waals surface area contributed by atoms with Gasteiger partial charge in [-0.25, -0.2) is 4.98 Å². The molecule has 1 heterocycles. The van der Waals surface area contributed by atoms with Gasteiger partial charge in [-0.3, -0.25) is 0 Å². The standard InChI is InChI=1S/C14H20BrN3S/c15-11-8-9-13(16-10-11)18-14(19)17-12-6-4-2-1-3-5-7-12/h8-10,12H,1-7H2,(H2,16,17,18,19). The molecule has 1 aliphatic carbocycles. The number of pyridine rings is 1. The van der Waals surface area contributed by atoms with Gasteiger partial charge in [-0.15, -0.1) is 0 Å². The predicted octanol–water partition coefficient (Wildman–Crippen LogP) is 4.24. The molecular weight excluding hydrogens is 322 g/mol. The fourth-order valence-corrected chi connectivity index (χ4v) is 2.89. The number of nitrogens with zero attached hydrogens (tertiary/aromatic N) is 1. The fourth-order valence-electron chi connectivity index (χ4n) is 2.39. The molecule has 0 amide bonds. The largest absolute Gasteiger partial charge is 0.360 e. The molecule has 0 radical (unpaired) electrons. The van der Waals surface area contributed by atoms with E-state index in [1.54, 1.807) is 6.20 Å². The third-order valence-electron chi connectivity index (χ3n) is 3.41. The van der Waals surface area contributed by atoms with E-state index in [-0.39, 0.29) is 0 Å². The molecule has 104 valence electrons. The van der Waals surface area contributed by atoms with Crippen LogP contribution in [-0.4, -0.2) is 16.1 Å². The van der Waals surface area contributed by atoms with Gasteiger partial charge < -0.3 is 10.6 Å². The van der Waals surface area contributed by atoms with Crippen molar-refractivity contribution >= 4 is 39.1 Å². The van der Waals surface area contributed by atoms with Gasteiger partial charge in [0.1, 0.15) is 5.82 Å². The first-order valence-electron chi connectivity index (χ1n) is 6.93. The molecule has 0 unspecified atom stereocenters. The number of aromatic nitrogens is 1. The second kappa shape index (κ2) is 7.80. The third kappa shape index (κ3) is 5.45.